The number of halogens is 1. The van der Waals surface area contributed by atoms with Crippen LogP contribution in [0.15, 0.2) is 71.6 Å². The van der Waals surface area contributed by atoms with Crippen LogP contribution in [0.5, 0.6) is 0 Å². The SMILES string of the molecule is O=C(Nc1ncn(Cc2cccc(Br)c2)n1)c1cn(Cc2ccccc2)nn1. The average Bonchev–Trinajstić information content (AvgIpc) is 3.32. The summed E-state index contributed by atoms with van der Waals surface area (Å²) in [6.45, 7) is 1.09. The zero-order valence-electron chi connectivity index (χ0n) is 14.7. The van der Waals surface area contributed by atoms with Crippen molar-refractivity contribution < 1.29 is 4.79 Å². The van der Waals surface area contributed by atoms with Gasteiger partial charge in [-0.1, -0.05) is 63.6 Å². The molecule has 2 aromatic carbocycles. The highest BCUT2D eigenvalue weighted by Crippen LogP contribution is 2.13. The van der Waals surface area contributed by atoms with Crippen molar-refractivity contribution in [3.8, 4) is 0 Å². The Bertz CT molecular complexity index is 1090. The third kappa shape index (κ3) is 4.49. The van der Waals surface area contributed by atoms with Crippen molar-refractivity contribution in [1.82, 2.24) is 29.8 Å². The topological polar surface area (TPSA) is 90.5 Å². The number of amides is 1. The highest BCUT2D eigenvalue weighted by molar-refractivity contribution is 9.10. The Labute approximate surface area is 169 Å². The number of nitrogens with zero attached hydrogens (tertiary/aromatic N) is 6. The first-order valence-electron chi connectivity index (χ1n) is 8.55. The van der Waals surface area contributed by atoms with E-state index in [1.165, 1.54) is 0 Å². The van der Waals surface area contributed by atoms with Gasteiger partial charge in [0.05, 0.1) is 19.3 Å². The van der Waals surface area contributed by atoms with Gasteiger partial charge in [0.15, 0.2) is 5.69 Å². The lowest BCUT2D eigenvalue weighted by molar-refractivity contribution is 0.102. The maximum Gasteiger partial charge on any atom is 0.280 e. The molecule has 0 aliphatic rings. The zero-order chi connectivity index (χ0) is 19.3. The van der Waals surface area contributed by atoms with Gasteiger partial charge in [0, 0.05) is 4.47 Å². The fraction of sp³-hybridized carbons (Fsp3) is 0.105. The maximum atomic E-state index is 12.4. The third-order valence-electron chi connectivity index (χ3n) is 3.95. The summed E-state index contributed by atoms with van der Waals surface area (Å²) in [5, 5.41) is 14.8. The van der Waals surface area contributed by atoms with Crippen LogP contribution >= 0.6 is 15.9 Å². The number of aromatic nitrogens is 6. The lowest BCUT2D eigenvalue weighted by Gasteiger charge is -2.01. The molecule has 8 nitrogen and oxygen atoms in total. The van der Waals surface area contributed by atoms with Gasteiger partial charge in [0.2, 0.25) is 5.95 Å². The standard InChI is InChI=1S/C19H16BrN7O/c20-16-8-4-7-15(9-16)11-27-13-21-19(24-27)22-18(28)17-12-26(25-23-17)10-14-5-2-1-3-6-14/h1-9,12-13H,10-11H2,(H,22,24,28). The smallest absolute Gasteiger partial charge is 0.280 e. The third-order valence-corrected chi connectivity index (χ3v) is 4.45. The highest BCUT2D eigenvalue weighted by Gasteiger charge is 2.13. The van der Waals surface area contributed by atoms with Gasteiger partial charge in [-0.05, 0) is 23.3 Å². The molecule has 0 spiro atoms. The fourth-order valence-electron chi connectivity index (χ4n) is 2.67. The fourth-order valence-corrected chi connectivity index (χ4v) is 3.11. The Kier molecular flexibility index (Phi) is 5.24. The molecule has 9 heteroatoms. The molecule has 1 N–H and O–H groups in total. The quantitative estimate of drug-likeness (QED) is 0.500. The molecule has 1 amide bonds. The molecule has 0 aliphatic heterocycles. The van der Waals surface area contributed by atoms with Gasteiger partial charge < -0.3 is 0 Å². The summed E-state index contributed by atoms with van der Waals surface area (Å²) < 4.78 is 4.27. The number of nitrogens with one attached hydrogen (secondary N) is 1. The average molecular weight is 438 g/mol. The van der Waals surface area contributed by atoms with Gasteiger partial charge in [-0.2, -0.15) is 0 Å². The van der Waals surface area contributed by atoms with Crippen LogP contribution in [-0.4, -0.2) is 35.7 Å². The minimum absolute atomic E-state index is 0.208. The van der Waals surface area contributed by atoms with Crippen molar-refractivity contribution in [1.29, 1.82) is 0 Å². The van der Waals surface area contributed by atoms with E-state index in [1.54, 1.807) is 21.9 Å². The summed E-state index contributed by atoms with van der Waals surface area (Å²) >= 11 is 3.44. The van der Waals surface area contributed by atoms with Crippen molar-refractivity contribution in [2.45, 2.75) is 13.1 Å². The second-order valence-corrected chi connectivity index (χ2v) is 7.05. The van der Waals surface area contributed by atoms with Gasteiger partial charge in [0.1, 0.15) is 6.33 Å². The summed E-state index contributed by atoms with van der Waals surface area (Å²) in [6.07, 6.45) is 3.17. The maximum absolute atomic E-state index is 12.4. The van der Waals surface area contributed by atoms with Gasteiger partial charge in [-0.3, -0.25) is 10.1 Å². The van der Waals surface area contributed by atoms with E-state index in [4.69, 9.17) is 0 Å². The van der Waals surface area contributed by atoms with E-state index in [0.29, 0.717) is 13.1 Å². The second kappa shape index (κ2) is 8.13. The molecule has 140 valence electrons. The molecular formula is C19H16BrN7O. The predicted octanol–water partition coefficient (Wildman–Crippen LogP) is 2.98. The van der Waals surface area contributed by atoms with Crippen LogP contribution in [0.4, 0.5) is 5.95 Å². The Hall–Kier alpha value is -3.33. The van der Waals surface area contributed by atoms with Gasteiger partial charge in [0.25, 0.3) is 5.91 Å². The van der Waals surface area contributed by atoms with Gasteiger partial charge >= 0.3 is 0 Å². The largest absolute Gasteiger partial charge is 0.288 e. The Morgan fingerprint density at radius 3 is 2.61 bits per heavy atom. The second-order valence-electron chi connectivity index (χ2n) is 6.14. The molecule has 0 saturated heterocycles. The van der Waals surface area contributed by atoms with Crippen LogP contribution in [0.2, 0.25) is 0 Å². The first-order chi connectivity index (χ1) is 13.7. The molecular weight excluding hydrogens is 422 g/mol. The van der Waals surface area contributed by atoms with E-state index in [9.17, 15) is 4.79 Å². The number of anilines is 1. The molecule has 0 radical (unpaired) electrons. The van der Waals surface area contributed by atoms with Crippen LogP contribution in [0.1, 0.15) is 21.6 Å². The van der Waals surface area contributed by atoms with Gasteiger partial charge in [-0.25, -0.2) is 14.3 Å². The lowest BCUT2D eigenvalue weighted by atomic mass is 10.2. The van der Waals surface area contributed by atoms with E-state index in [-0.39, 0.29) is 11.6 Å². The van der Waals surface area contributed by atoms with Crippen LogP contribution in [0, 0.1) is 0 Å². The molecule has 0 bridgehead atoms. The molecule has 2 aromatic heterocycles. The van der Waals surface area contributed by atoms with Crippen molar-refractivity contribution in [2.75, 3.05) is 5.32 Å². The van der Waals surface area contributed by atoms with E-state index < -0.39 is 5.91 Å². The van der Waals surface area contributed by atoms with Crippen LogP contribution in [0.25, 0.3) is 0 Å². The molecule has 2 heterocycles. The van der Waals surface area contributed by atoms with E-state index in [2.05, 4.69) is 41.6 Å². The van der Waals surface area contributed by atoms with Crippen molar-refractivity contribution in [3.05, 3.63) is 88.4 Å². The van der Waals surface area contributed by atoms with E-state index in [1.807, 2.05) is 54.6 Å². The molecule has 0 aliphatic carbocycles. The minimum Gasteiger partial charge on any atom is -0.288 e. The highest BCUT2D eigenvalue weighted by atomic mass is 79.9. The summed E-state index contributed by atoms with van der Waals surface area (Å²) in [6, 6.07) is 17.8. The van der Waals surface area contributed by atoms with E-state index in [0.717, 1.165) is 15.6 Å². The first kappa shape index (κ1) is 18.1. The molecule has 28 heavy (non-hydrogen) atoms. The van der Waals surface area contributed by atoms with Crippen LogP contribution in [0.3, 0.4) is 0 Å². The van der Waals surface area contributed by atoms with E-state index >= 15 is 0 Å². The molecule has 0 atom stereocenters. The number of rotatable bonds is 6. The van der Waals surface area contributed by atoms with Crippen molar-refractivity contribution >= 4 is 27.8 Å². The van der Waals surface area contributed by atoms with Crippen molar-refractivity contribution in [2.24, 2.45) is 0 Å². The monoisotopic (exact) mass is 437 g/mol. The molecule has 0 fully saturated rings. The summed E-state index contributed by atoms with van der Waals surface area (Å²) in [5.41, 5.74) is 2.35. The van der Waals surface area contributed by atoms with Crippen molar-refractivity contribution in [3.63, 3.8) is 0 Å². The molecule has 0 saturated carbocycles. The number of benzene rings is 2. The summed E-state index contributed by atoms with van der Waals surface area (Å²) in [7, 11) is 0. The molecule has 4 aromatic rings. The molecule has 0 unspecified atom stereocenters. The number of hydrogen-bond donors (Lipinski definition) is 1. The Morgan fingerprint density at radius 1 is 1.00 bits per heavy atom. The van der Waals surface area contributed by atoms with Crippen LogP contribution < -0.4 is 5.32 Å². The number of carbonyl (C=O) groups excluding carboxylic acids is 1. The van der Waals surface area contributed by atoms with Gasteiger partial charge in [-0.15, -0.1) is 10.2 Å². The predicted molar refractivity (Wildman–Crippen MR) is 107 cm³/mol. The lowest BCUT2D eigenvalue weighted by Crippen LogP contribution is -2.14. The first-order valence-corrected chi connectivity index (χ1v) is 9.34. The van der Waals surface area contributed by atoms with Crippen LogP contribution in [-0.2, 0) is 13.1 Å². The Morgan fingerprint density at radius 2 is 1.79 bits per heavy atom. The zero-order valence-corrected chi connectivity index (χ0v) is 16.3. The minimum atomic E-state index is -0.403. The normalized spacial score (nSPS) is 10.8. The number of carbonyl (C=O) groups is 1. The summed E-state index contributed by atoms with van der Waals surface area (Å²) in [4.78, 5) is 16.5. The number of hydrogen-bond acceptors (Lipinski definition) is 5. The molecule has 4 rings (SSSR count). The summed E-state index contributed by atoms with van der Waals surface area (Å²) in [5.74, 6) is -0.183. The Balaban J connectivity index is 1.38.